The second-order valence-corrected chi connectivity index (χ2v) is 16.2. The lowest BCUT2D eigenvalue weighted by atomic mass is 10.0. The zero-order valence-corrected chi connectivity index (χ0v) is 34.4. The summed E-state index contributed by atoms with van der Waals surface area (Å²) in [6.07, 6.45) is 52.5. The van der Waals surface area contributed by atoms with Crippen molar-refractivity contribution in [1.82, 2.24) is 5.32 Å². The van der Waals surface area contributed by atoms with Gasteiger partial charge >= 0.3 is 0 Å². The Labute approximate surface area is 314 Å². The Morgan fingerprint density at radius 3 is 0.900 bits per heavy atom. The molecule has 0 rings (SSSR count). The number of hydrogen-bond donors (Lipinski definition) is 3. The summed E-state index contributed by atoms with van der Waals surface area (Å²) < 4.78 is 0. The van der Waals surface area contributed by atoms with Crippen LogP contribution in [0.15, 0.2) is 0 Å². The SMILES string of the molecule is CCCCCCCCCCCCCCCCCCCCCCCCCCCCCCCCCCCC(=O)NC(CO)C(O)CCCCCCC. The summed E-state index contributed by atoms with van der Waals surface area (Å²) in [5.41, 5.74) is 0. The molecule has 0 spiro atoms. The first kappa shape index (κ1) is 49.4. The van der Waals surface area contributed by atoms with Gasteiger partial charge in [-0.3, -0.25) is 4.79 Å². The Kier molecular flexibility index (Phi) is 42.3. The standard InChI is InChI=1S/C46H93NO3/c1-3-5-7-9-10-11-12-13-14-15-16-17-18-19-20-21-22-23-24-25-26-27-28-29-30-31-32-33-34-35-36-38-40-42-46(50)47-44(43-48)45(49)41-39-37-8-6-4-2/h44-45,48-49H,3-43H2,1-2H3,(H,47,50). The first-order chi connectivity index (χ1) is 24.7. The molecule has 0 saturated heterocycles. The molecule has 50 heavy (non-hydrogen) atoms. The van der Waals surface area contributed by atoms with Crippen LogP contribution in [-0.2, 0) is 4.79 Å². The van der Waals surface area contributed by atoms with Crippen LogP contribution in [0.4, 0.5) is 0 Å². The summed E-state index contributed by atoms with van der Waals surface area (Å²) in [5.74, 6) is -0.0326. The molecule has 0 aromatic carbocycles. The number of aliphatic hydroxyl groups excluding tert-OH is 2. The number of rotatable bonds is 43. The molecule has 0 bridgehead atoms. The first-order valence-electron chi connectivity index (χ1n) is 23.2. The van der Waals surface area contributed by atoms with Crippen LogP contribution in [-0.4, -0.2) is 34.9 Å². The van der Waals surface area contributed by atoms with E-state index in [1.165, 1.54) is 218 Å². The second kappa shape index (κ2) is 42.8. The Morgan fingerprint density at radius 2 is 0.640 bits per heavy atom. The van der Waals surface area contributed by atoms with E-state index in [9.17, 15) is 15.0 Å². The van der Waals surface area contributed by atoms with Crippen LogP contribution in [0.5, 0.6) is 0 Å². The lowest BCUT2D eigenvalue weighted by Crippen LogP contribution is -2.45. The summed E-state index contributed by atoms with van der Waals surface area (Å²) in [7, 11) is 0. The maximum Gasteiger partial charge on any atom is 0.220 e. The van der Waals surface area contributed by atoms with Crippen molar-refractivity contribution in [2.75, 3.05) is 6.61 Å². The predicted octanol–water partition coefficient (Wildman–Crippen LogP) is 14.5. The van der Waals surface area contributed by atoms with Crippen molar-refractivity contribution in [3.63, 3.8) is 0 Å². The zero-order chi connectivity index (χ0) is 36.4. The molecule has 0 aromatic rings. The molecule has 0 aromatic heterocycles. The normalized spacial score (nSPS) is 12.8. The Bertz CT molecular complexity index is 641. The highest BCUT2D eigenvalue weighted by atomic mass is 16.3. The molecular formula is C46H93NO3. The average molecular weight is 708 g/mol. The van der Waals surface area contributed by atoms with Crippen LogP contribution >= 0.6 is 0 Å². The fourth-order valence-electron chi connectivity index (χ4n) is 7.54. The van der Waals surface area contributed by atoms with Gasteiger partial charge in [0.05, 0.1) is 18.8 Å². The highest BCUT2D eigenvalue weighted by Gasteiger charge is 2.19. The molecule has 4 heteroatoms. The minimum atomic E-state index is -0.649. The van der Waals surface area contributed by atoms with Crippen LogP contribution in [0.25, 0.3) is 0 Å². The van der Waals surface area contributed by atoms with Gasteiger partial charge in [-0.25, -0.2) is 0 Å². The fourth-order valence-corrected chi connectivity index (χ4v) is 7.54. The van der Waals surface area contributed by atoms with Crippen LogP contribution < -0.4 is 5.32 Å². The van der Waals surface area contributed by atoms with E-state index in [4.69, 9.17) is 0 Å². The summed E-state index contributed by atoms with van der Waals surface area (Å²) in [5, 5.41) is 22.8. The molecule has 0 aliphatic carbocycles. The number of nitrogens with one attached hydrogen (secondary N) is 1. The average Bonchev–Trinajstić information content (AvgIpc) is 3.12. The fraction of sp³-hybridized carbons (Fsp3) is 0.978. The van der Waals surface area contributed by atoms with Crippen LogP contribution in [0.1, 0.15) is 271 Å². The molecule has 1 amide bonds. The van der Waals surface area contributed by atoms with Gasteiger partial charge in [-0.05, 0) is 12.8 Å². The van der Waals surface area contributed by atoms with Crippen molar-refractivity contribution in [2.24, 2.45) is 0 Å². The molecule has 0 radical (unpaired) electrons. The van der Waals surface area contributed by atoms with Gasteiger partial charge in [-0.2, -0.15) is 0 Å². The van der Waals surface area contributed by atoms with Crippen molar-refractivity contribution < 1.29 is 15.0 Å². The quantitative estimate of drug-likeness (QED) is 0.0553. The van der Waals surface area contributed by atoms with E-state index in [0.29, 0.717) is 12.8 Å². The number of carbonyl (C=O) groups is 1. The van der Waals surface area contributed by atoms with Gasteiger partial charge in [-0.1, -0.05) is 251 Å². The van der Waals surface area contributed by atoms with E-state index in [1.54, 1.807) is 0 Å². The van der Waals surface area contributed by atoms with Crippen molar-refractivity contribution in [2.45, 2.75) is 283 Å². The first-order valence-corrected chi connectivity index (χ1v) is 23.2. The van der Waals surface area contributed by atoms with Gasteiger partial charge in [0.1, 0.15) is 0 Å². The number of hydrogen-bond acceptors (Lipinski definition) is 3. The molecule has 3 N–H and O–H groups in total. The maximum atomic E-state index is 12.3. The van der Waals surface area contributed by atoms with E-state index in [0.717, 1.165) is 25.7 Å². The molecule has 0 aliphatic rings. The molecule has 2 unspecified atom stereocenters. The molecule has 0 fully saturated rings. The van der Waals surface area contributed by atoms with Gasteiger partial charge in [0.25, 0.3) is 0 Å². The minimum Gasteiger partial charge on any atom is -0.394 e. The molecule has 0 heterocycles. The van der Waals surface area contributed by atoms with Crippen LogP contribution in [0, 0.1) is 0 Å². The maximum absolute atomic E-state index is 12.3. The van der Waals surface area contributed by atoms with E-state index in [2.05, 4.69) is 19.2 Å². The summed E-state index contributed by atoms with van der Waals surface area (Å²) in [6.45, 7) is 4.30. The summed E-state index contributed by atoms with van der Waals surface area (Å²) in [4.78, 5) is 12.3. The van der Waals surface area contributed by atoms with Gasteiger partial charge in [0.15, 0.2) is 0 Å². The van der Waals surface area contributed by atoms with Gasteiger partial charge in [-0.15, -0.1) is 0 Å². The lowest BCUT2D eigenvalue weighted by molar-refractivity contribution is -0.123. The predicted molar refractivity (Wildman–Crippen MR) is 221 cm³/mol. The number of carbonyl (C=O) groups excluding carboxylic acids is 1. The molecule has 0 saturated carbocycles. The molecular weight excluding hydrogens is 615 g/mol. The minimum absolute atomic E-state index is 0.0326. The summed E-state index contributed by atoms with van der Waals surface area (Å²) in [6, 6.07) is -0.526. The molecule has 300 valence electrons. The molecule has 4 nitrogen and oxygen atoms in total. The third-order valence-electron chi connectivity index (χ3n) is 11.1. The highest BCUT2D eigenvalue weighted by Crippen LogP contribution is 2.17. The highest BCUT2D eigenvalue weighted by molar-refractivity contribution is 5.76. The van der Waals surface area contributed by atoms with E-state index in [1.807, 2.05) is 0 Å². The number of aliphatic hydroxyl groups is 2. The lowest BCUT2D eigenvalue weighted by Gasteiger charge is -2.22. The van der Waals surface area contributed by atoms with Crippen molar-refractivity contribution in [3.05, 3.63) is 0 Å². The third kappa shape index (κ3) is 38.6. The van der Waals surface area contributed by atoms with E-state index >= 15 is 0 Å². The smallest absolute Gasteiger partial charge is 0.220 e. The van der Waals surface area contributed by atoms with Crippen LogP contribution in [0.3, 0.4) is 0 Å². The van der Waals surface area contributed by atoms with Crippen molar-refractivity contribution in [1.29, 1.82) is 0 Å². The number of amides is 1. The van der Waals surface area contributed by atoms with Gasteiger partial charge in [0, 0.05) is 6.42 Å². The van der Waals surface area contributed by atoms with Crippen LogP contribution in [0.2, 0.25) is 0 Å². The topological polar surface area (TPSA) is 69.6 Å². The van der Waals surface area contributed by atoms with Gasteiger partial charge < -0.3 is 15.5 Å². The monoisotopic (exact) mass is 708 g/mol. The summed E-state index contributed by atoms with van der Waals surface area (Å²) >= 11 is 0. The molecule has 0 aliphatic heterocycles. The third-order valence-corrected chi connectivity index (χ3v) is 11.1. The van der Waals surface area contributed by atoms with Gasteiger partial charge in [0.2, 0.25) is 5.91 Å². The largest absolute Gasteiger partial charge is 0.394 e. The number of unbranched alkanes of at least 4 members (excludes halogenated alkanes) is 36. The van der Waals surface area contributed by atoms with E-state index in [-0.39, 0.29) is 12.5 Å². The van der Waals surface area contributed by atoms with Crippen molar-refractivity contribution >= 4 is 5.91 Å². The second-order valence-electron chi connectivity index (χ2n) is 16.2. The van der Waals surface area contributed by atoms with E-state index < -0.39 is 12.1 Å². The van der Waals surface area contributed by atoms with Crippen molar-refractivity contribution in [3.8, 4) is 0 Å². The Balaban J connectivity index is 3.26. The zero-order valence-electron chi connectivity index (χ0n) is 34.4. The Morgan fingerprint density at radius 1 is 0.400 bits per heavy atom. The Hall–Kier alpha value is -0.610. The molecule has 2 atom stereocenters.